The SMILES string of the molecule is [C]#CSC. The molecule has 0 aliphatic rings. The highest BCUT2D eigenvalue weighted by atomic mass is 32.2. The maximum absolute atomic E-state index is 6.16. The topological polar surface area (TPSA) is 0 Å². The molecular formula is C3H3S. The Hall–Kier alpha value is -0.0900. The van der Waals surface area contributed by atoms with Gasteiger partial charge in [-0.1, -0.05) is 11.8 Å². The first-order chi connectivity index (χ1) is 1.91. The lowest BCUT2D eigenvalue weighted by molar-refractivity contribution is 2.50. The molecule has 0 aromatic rings. The highest BCUT2D eigenvalue weighted by Crippen LogP contribution is 1.78. The Morgan fingerprint density at radius 1 is 2.00 bits per heavy atom. The summed E-state index contributed by atoms with van der Waals surface area (Å²) in [5.74, 6) is 0. The zero-order chi connectivity index (χ0) is 3.41. The minimum Gasteiger partial charge on any atom is -0.0775 e. The predicted octanol–water partition coefficient (Wildman–Crippen LogP) is 0.897. The summed E-state index contributed by atoms with van der Waals surface area (Å²) < 4.78 is 0. The van der Waals surface area contributed by atoms with Crippen molar-refractivity contribution in [3.05, 3.63) is 6.42 Å². The zero-order valence-electron chi connectivity index (χ0n) is 2.41. The molecule has 4 heavy (non-hydrogen) atoms. The molecule has 0 atom stereocenters. The van der Waals surface area contributed by atoms with Crippen molar-refractivity contribution in [1.82, 2.24) is 0 Å². The molecule has 0 unspecified atom stereocenters. The van der Waals surface area contributed by atoms with Gasteiger partial charge in [-0.3, -0.25) is 0 Å². The van der Waals surface area contributed by atoms with Gasteiger partial charge >= 0.3 is 0 Å². The van der Waals surface area contributed by atoms with Crippen LogP contribution in [0.2, 0.25) is 0 Å². The smallest absolute Gasteiger partial charge is 0.00235 e. The van der Waals surface area contributed by atoms with Crippen LogP contribution in [0.3, 0.4) is 0 Å². The fourth-order valence-corrected chi connectivity index (χ4v) is 0. The molecule has 0 bridgehead atoms. The summed E-state index contributed by atoms with van der Waals surface area (Å²) in [6.45, 7) is 0. The van der Waals surface area contributed by atoms with Crippen LogP contribution in [0, 0.1) is 11.7 Å². The summed E-state index contributed by atoms with van der Waals surface area (Å²) >= 11 is 1.27. The van der Waals surface area contributed by atoms with Gasteiger partial charge in [0.1, 0.15) is 0 Å². The van der Waals surface area contributed by atoms with Crippen molar-refractivity contribution >= 4 is 11.8 Å². The first-order valence-corrected chi connectivity index (χ1v) is 2.09. The molecule has 1 radical (unpaired) electrons. The van der Waals surface area contributed by atoms with Gasteiger partial charge in [-0.15, -0.1) is 0 Å². The lowest BCUT2D eigenvalue weighted by Gasteiger charge is -1.52. The summed E-state index contributed by atoms with van der Waals surface area (Å²) in [6.07, 6.45) is 7.96. The minimum atomic E-state index is 1.27. The number of hydrogen-bond acceptors (Lipinski definition) is 1. The lowest BCUT2D eigenvalue weighted by Crippen LogP contribution is -1.27. The lowest BCUT2D eigenvalue weighted by atomic mass is 11.4. The Kier molecular flexibility index (Phi) is 2.84. The van der Waals surface area contributed by atoms with Gasteiger partial charge in [0.2, 0.25) is 0 Å². The minimum absolute atomic E-state index is 1.27. The molecule has 0 N–H and O–H groups in total. The fraction of sp³-hybridized carbons (Fsp3) is 0.333. The van der Waals surface area contributed by atoms with Crippen LogP contribution >= 0.6 is 11.8 Å². The maximum Gasteiger partial charge on any atom is -0.00235 e. The molecule has 1 heteroatoms. The van der Waals surface area contributed by atoms with Crippen molar-refractivity contribution < 1.29 is 0 Å². The second-order valence-corrected chi connectivity index (χ2v) is 0.919. The van der Waals surface area contributed by atoms with Crippen molar-refractivity contribution in [2.24, 2.45) is 0 Å². The fourth-order valence-electron chi connectivity index (χ4n) is 0. The van der Waals surface area contributed by atoms with Gasteiger partial charge < -0.3 is 0 Å². The van der Waals surface area contributed by atoms with Crippen LogP contribution in [-0.4, -0.2) is 6.26 Å². The molecule has 0 spiro atoms. The third-order valence-electron chi connectivity index (χ3n) is 0.102. The number of hydrogen-bond donors (Lipinski definition) is 0. The van der Waals surface area contributed by atoms with E-state index in [4.69, 9.17) is 6.42 Å². The van der Waals surface area contributed by atoms with Crippen LogP contribution < -0.4 is 0 Å². The maximum atomic E-state index is 6.16. The first kappa shape index (κ1) is 3.91. The summed E-state index contributed by atoms with van der Waals surface area (Å²) in [6, 6.07) is 0. The van der Waals surface area contributed by atoms with Crippen molar-refractivity contribution in [1.29, 1.82) is 0 Å². The largest absolute Gasteiger partial charge is 0.0775 e. The average molecular weight is 71.1 g/mol. The third kappa shape index (κ3) is 1.91. The summed E-state index contributed by atoms with van der Waals surface area (Å²) in [5, 5.41) is 2.10. The van der Waals surface area contributed by atoms with Gasteiger partial charge in [0.25, 0.3) is 0 Å². The van der Waals surface area contributed by atoms with Crippen LogP contribution in [0.4, 0.5) is 0 Å². The Bertz CT molecular complexity index is 33.0. The third-order valence-corrected chi connectivity index (χ3v) is 0.306. The molecule has 0 aliphatic heterocycles. The van der Waals surface area contributed by atoms with Crippen LogP contribution in [0.15, 0.2) is 0 Å². The summed E-state index contributed by atoms with van der Waals surface area (Å²) in [4.78, 5) is 0. The summed E-state index contributed by atoms with van der Waals surface area (Å²) in [5.41, 5.74) is 0. The van der Waals surface area contributed by atoms with Gasteiger partial charge in [0, 0.05) is 0 Å². The standard InChI is InChI=1S/C3H3S/c1-3-4-2/h2H3. The van der Waals surface area contributed by atoms with Crippen molar-refractivity contribution in [2.75, 3.05) is 6.26 Å². The molecule has 0 aliphatic carbocycles. The van der Waals surface area contributed by atoms with E-state index in [0.29, 0.717) is 0 Å². The zero-order valence-corrected chi connectivity index (χ0v) is 3.22. The van der Waals surface area contributed by atoms with Gasteiger partial charge in [-0.05, 0) is 17.9 Å². The van der Waals surface area contributed by atoms with Crippen LogP contribution in [-0.2, 0) is 0 Å². The molecule has 0 rings (SSSR count). The Labute approximate surface area is 30.6 Å². The highest BCUT2D eigenvalue weighted by molar-refractivity contribution is 8.03. The summed E-state index contributed by atoms with van der Waals surface area (Å²) in [7, 11) is 0. The van der Waals surface area contributed by atoms with E-state index in [1.54, 1.807) is 6.26 Å². The van der Waals surface area contributed by atoms with E-state index in [9.17, 15) is 0 Å². The normalized spacial score (nSPS) is 5.00. The number of rotatable bonds is 0. The molecular weight excluding hydrogens is 68.1 g/mol. The predicted molar refractivity (Wildman–Crippen MR) is 20.6 cm³/mol. The molecule has 0 aromatic carbocycles. The van der Waals surface area contributed by atoms with Gasteiger partial charge in [0.05, 0.1) is 0 Å². The molecule has 21 valence electrons. The van der Waals surface area contributed by atoms with Crippen molar-refractivity contribution in [2.45, 2.75) is 0 Å². The second kappa shape index (κ2) is 2.91. The number of thioether (sulfide) groups is 1. The Morgan fingerprint density at radius 2 is 2.25 bits per heavy atom. The second-order valence-electron chi connectivity index (χ2n) is 0.306. The molecule has 0 fully saturated rings. The van der Waals surface area contributed by atoms with E-state index in [2.05, 4.69) is 5.25 Å². The monoisotopic (exact) mass is 71.0 g/mol. The first-order valence-electron chi connectivity index (χ1n) is 0.862. The van der Waals surface area contributed by atoms with Crippen LogP contribution in [0.1, 0.15) is 0 Å². The van der Waals surface area contributed by atoms with Gasteiger partial charge in [-0.25, -0.2) is 0 Å². The van der Waals surface area contributed by atoms with E-state index in [1.807, 2.05) is 0 Å². The molecule has 0 saturated heterocycles. The molecule has 0 saturated carbocycles. The Balaban J connectivity index is 2.43. The molecule has 0 nitrogen and oxygen atoms in total. The molecule has 0 aromatic heterocycles. The highest BCUT2D eigenvalue weighted by Gasteiger charge is 1.44. The Morgan fingerprint density at radius 3 is 2.25 bits per heavy atom. The van der Waals surface area contributed by atoms with E-state index in [-0.39, 0.29) is 0 Å². The van der Waals surface area contributed by atoms with Crippen molar-refractivity contribution in [3.63, 3.8) is 0 Å². The molecule has 0 amide bonds. The van der Waals surface area contributed by atoms with Gasteiger partial charge in [-0.2, -0.15) is 0 Å². The van der Waals surface area contributed by atoms with E-state index >= 15 is 0 Å². The van der Waals surface area contributed by atoms with Crippen LogP contribution in [0.25, 0.3) is 0 Å². The average Bonchev–Trinajstić information content (AvgIpc) is 1.37. The van der Waals surface area contributed by atoms with Crippen LogP contribution in [0.5, 0.6) is 0 Å². The molecule has 0 heterocycles. The van der Waals surface area contributed by atoms with E-state index in [0.717, 1.165) is 0 Å². The quantitative estimate of drug-likeness (QED) is 0.382. The van der Waals surface area contributed by atoms with E-state index < -0.39 is 0 Å². The van der Waals surface area contributed by atoms with Crippen molar-refractivity contribution in [3.8, 4) is 5.25 Å². The van der Waals surface area contributed by atoms with E-state index in [1.165, 1.54) is 11.8 Å². The van der Waals surface area contributed by atoms with Gasteiger partial charge in [0.15, 0.2) is 0 Å².